The SMILES string of the molecule is CC(C)Oc1cc(Nc2nc(N)cc(C(C)c3ccc(F)cc3)c2[N+](=O)[O-])[nH]n1. The summed E-state index contributed by atoms with van der Waals surface area (Å²) in [6, 6.07) is 8.80. The van der Waals surface area contributed by atoms with E-state index in [4.69, 9.17) is 10.5 Å². The number of H-pyrrole nitrogens is 1. The maximum Gasteiger partial charge on any atom is 0.315 e. The number of ether oxygens (including phenoxy) is 1. The summed E-state index contributed by atoms with van der Waals surface area (Å²) in [5, 5.41) is 21.4. The predicted molar refractivity (Wildman–Crippen MR) is 107 cm³/mol. The second kappa shape index (κ2) is 8.13. The first-order valence-corrected chi connectivity index (χ1v) is 8.94. The monoisotopic (exact) mass is 400 g/mol. The van der Waals surface area contributed by atoms with E-state index >= 15 is 0 Å². The second-order valence-electron chi connectivity index (χ2n) is 6.78. The van der Waals surface area contributed by atoms with Gasteiger partial charge in [0, 0.05) is 17.5 Å². The van der Waals surface area contributed by atoms with Crippen LogP contribution in [-0.4, -0.2) is 26.2 Å². The number of nitrogens with two attached hydrogens (primary N) is 1. The van der Waals surface area contributed by atoms with Gasteiger partial charge in [-0.2, -0.15) is 0 Å². The van der Waals surface area contributed by atoms with Crippen LogP contribution in [0.15, 0.2) is 36.4 Å². The lowest BCUT2D eigenvalue weighted by Crippen LogP contribution is -2.09. The first kappa shape index (κ1) is 20.1. The van der Waals surface area contributed by atoms with E-state index in [2.05, 4.69) is 20.5 Å². The fraction of sp³-hybridized carbons (Fsp3) is 0.263. The van der Waals surface area contributed by atoms with Gasteiger partial charge in [-0.05, 0) is 37.6 Å². The molecule has 2 aromatic heterocycles. The molecule has 1 aromatic carbocycles. The highest BCUT2D eigenvalue weighted by Crippen LogP contribution is 2.38. The maximum absolute atomic E-state index is 13.2. The van der Waals surface area contributed by atoms with Gasteiger partial charge in [0.1, 0.15) is 17.5 Å². The maximum atomic E-state index is 13.2. The Labute approximate surface area is 166 Å². The Morgan fingerprint density at radius 3 is 2.55 bits per heavy atom. The van der Waals surface area contributed by atoms with Crippen LogP contribution in [-0.2, 0) is 0 Å². The number of hydrogen-bond acceptors (Lipinski definition) is 7. The normalized spacial score (nSPS) is 12.0. The Morgan fingerprint density at radius 2 is 1.93 bits per heavy atom. The Balaban J connectivity index is 2.00. The molecule has 4 N–H and O–H groups in total. The average Bonchev–Trinajstić information content (AvgIpc) is 3.07. The number of nitrogens with one attached hydrogen (secondary N) is 2. The molecule has 0 fully saturated rings. The summed E-state index contributed by atoms with van der Waals surface area (Å²) in [7, 11) is 0. The van der Waals surface area contributed by atoms with Crippen LogP contribution in [0.3, 0.4) is 0 Å². The predicted octanol–water partition coefficient (Wildman–Crippen LogP) is 4.12. The quantitative estimate of drug-likeness (QED) is 0.401. The number of nitrogen functional groups attached to an aromatic ring is 1. The Bertz CT molecular complexity index is 1020. The van der Waals surface area contributed by atoms with Crippen LogP contribution in [0.4, 0.5) is 27.5 Å². The van der Waals surface area contributed by atoms with Crippen molar-refractivity contribution < 1.29 is 14.1 Å². The molecule has 0 aliphatic heterocycles. The number of aromatic nitrogens is 3. The largest absolute Gasteiger partial charge is 0.474 e. The molecule has 1 unspecified atom stereocenters. The second-order valence-corrected chi connectivity index (χ2v) is 6.78. The van der Waals surface area contributed by atoms with Crippen LogP contribution in [0.2, 0.25) is 0 Å². The van der Waals surface area contributed by atoms with Gasteiger partial charge >= 0.3 is 5.69 Å². The molecule has 0 bridgehead atoms. The van der Waals surface area contributed by atoms with Gasteiger partial charge in [-0.25, -0.2) is 9.37 Å². The van der Waals surface area contributed by atoms with Crippen molar-refractivity contribution in [2.45, 2.75) is 32.8 Å². The highest BCUT2D eigenvalue weighted by Gasteiger charge is 2.27. The zero-order valence-electron chi connectivity index (χ0n) is 16.1. The van der Waals surface area contributed by atoms with Gasteiger partial charge in [-0.1, -0.05) is 19.1 Å². The zero-order valence-corrected chi connectivity index (χ0v) is 16.1. The van der Waals surface area contributed by atoms with Gasteiger partial charge in [-0.3, -0.25) is 15.2 Å². The number of rotatable bonds is 7. The van der Waals surface area contributed by atoms with Crippen LogP contribution >= 0.6 is 0 Å². The van der Waals surface area contributed by atoms with Crippen LogP contribution < -0.4 is 15.8 Å². The van der Waals surface area contributed by atoms with Gasteiger partial charge in [-0.15, -0.1) is 5.10 Å². The van der Waals surface area contributed by atoms with E-state index in [-0.39, 0.29) is 29.2 Å². The van der Waals surface area contributed by atoms with Crippen molar-refractivity contribution in [3.8, 4) is 5.88 Å². The first-order chi connectivity index (χ1) is 13.7. The van der Waals surface area contributed by atoms with Crippen LogP contribution in [0.1, 0.15) is 37.8 Å². The van der Waals surface area contributed by atoms with Gasteiger partial charge in [0.15, 0.2) is 0 Å². The number of hydrogen-bond donors (Lipinski definition) is 3. The minimum absolute atomic E-state index is 0.0290. The fourth-order valence-electron chi connectivity index (χ4n) is 2.92. The Hall–Kier alpha value is -3.69. The minimum atomic E-state index is -0.522. The zero-order chi connectivity index (χ0) is 21.1. The Morgan fingerprint density at radius 1 is 1.24 bits per heavy atom. The molecule has 0 radical (unpaired) electrons. The van der Waals surface area contributed by atoms with Crippen molar-refractivity contribution in [3.05, 3.63) is 63.5 Å². The van der Waals surface area contributed by atoms with E-state index in [0.29, 0.717) is 22.8 Å². The lowest BCUT2D eigenvalue weighted by Gasteiger charge is -2.15. The van der Waals surface area contributed by atoms with E-state index in [9.17, 15) is 14.5 Å². The van der Waals surface area contributed by atoms with Gasteiger partial charge in [0.2, 0.25) is 11.7 Å². The van der Waals surface area contributed by atoms with Gasteiger partial charge < -0.3 is 15.8 Å². The molecule has 1 atom stereocenters. The van der Waals surface area contributed by atoms with E-state index in [1.807, 2.05) is 13.8 Å². The molecule has 0 saturated heterocycles. The van der Waals surface area contributed by atoms with E-state index in [0.717, 1.165) is 0 Å². The molecule has 0 amide bonds. The summed E-state index contributed by atoms with van der Waals surface area (Å²) in [4.78, 5) is 15.4. The molecule has 3 rings (SSSR count). The van der Waals surface area contributed by atoms with Crippen molar-refractivity contribution in [2.75, 3.05) is 11.1 Å². The molecule has 2 heterocycles. The van der Waals surface area contributed by atoms with Gasteiger partial charge in [0.25, 0.3) is 0 Å². The molecular weight excluding hydrogens is 379 g/mol. The van der Waals surface area contributed by atoms with E-state index < -0.39 is 10.8 Å². The van der Waals surface area contributed by atoms with Crippen molar-refractivity contribution >= 4 is 23.1 Å². The molecule has 9 nitrogen and oxygen atoms in total. The number of pyridine rings is 1. The van der Waals surface area contributed by atoms with Crippen LogP contribution in [0.25, 0.3) is 0 Å². The molecule has 152 valence electrons. The van der Waals surface area contributed by atoms with E-state index in [1.165, 1.54) is 18.2 Å². The first-order valence-electron chi connectivity index (χ1n) is 8.94. The van der Waals surface area contributed by atoms with Crippen LogP contribution in [0, 0.1) is 15.9 Å². The van der Waals surface area contributed by atoms with E-state index in [1.54, 1.807) is 25.1 Å². The fourth-order valence-corrected chi connectivity index (χ4v) is 2.92. The smallest absolute Gasteiger partial charge is 0.315 e. The average molecular weight is 400 g/mol. The summed E-state index contributed by atoms with van der Waals surface area (Å²) < 4.78 is 18.7. The molecule has 0 aliphatic carbocycles. The number of halogens is 1. The van der Waals surface area contributed by atoms with Crippen molar-refractivity contribution in [2.24, 2.45) is 0 Å². The summed E-state index contributed by atoms with van der Waals surface area (Å²) >= 11 is 0. The number of nitro groups is 1. The molecular formula is C19H21FN6O3. The molecule has 0 saturated carbocycles. The van der Waals surface area contributed by atoms with Crippen molar-refractivity contribution in [3.63, 3.8) is 0 Å². The molecule has 3 aromatic rings. The molecule has 0 spiro atoms. The third-order valence-corrected chi connectivity index (χ3v) is 4.22. The third-order valence-electron chi connectivity index (χ3n) is 4.22. The minimum Gasteiger partial charge on any atom is -0.474 e. The number of nitrogens with zero attached hydrogens (tertiary/aromatic N) is 3. The number of benzene rings is 1. The summed E-state index contributed by atoms with van der Waals surface area (Å²) in [6.07, 6.45) is -0.0749. The van der Waals surface area contributed by atoms with Crippen LogP contribution in [0.5, 0.6) is 5.88 Å². The summed E-state index contributed by atoms with van der Waals surface area (Å²) in [5.74, 6) is -0.00991. The summed E-state index contributed by atoms with van der Waals surface area (Å²) in [6.45, 7) is 5.49. The lowest BCUT2D eigenvalue weighted by molar-refractivity contribution is -0.384. The lowest BCUT2D eigenvalue weighted by atomic mass is 9.92. The molecule has 0 aliphatic rings. The third kappa shape index (κ3) is 4.60. The molecule has 29 heavy (non-hydrogen) atoms. The highest BCUT2D eigenvalue weighted by atomic mass is 19.1. The highest BCUT2D eigenvalue weighted by molar-refractivity contribution is 5.70. The van der Waals surface area contributed by atoms with Crippen molar-refractivity contribution in [1.82, 2.24) is 15.2 Å². The topological polar surface area (TPSA) is 132 Å². The standard InChI is InChI=1S/C19H21FN6O3/c1-10(2)29-17-9-16(24-25-17)23-19-18(26(27)28)14(8-15(21)22-19)11(3)12-4-6-13(20)7-5-12/h4-11H,1-3H3,(H4,21,22,23,24,25). The van der Waals surface area contributed by atoms with Crippen molar-refractivity contribution in [1.29, 1.82) is 0 Å². The Kier molecular flexibility index (Phi) is 5.62. The summed E-state index contributed by atoms with van der Waals surface area (Å²) in [5.41, 5.74) is 6.75. The number of anilines is 3. The number of aromatic amines is 1. The molecule has 10 heteroatoms. The van der Waals surface area contributed by atoms with Gasteiger partial charge in [0.05, 0.1) is 11.0 Å².